The quantitative estimate of drug-likeness (QED) is 0.813. The van der Waals surface area contributed by atoms with Crippen LogP contribution in [0.2, 0.25) is 0 Å². The first-order valence-electron chi connectivity index (χ1n) is 6.08. The third kappa shape index (κ3) is 5.34. The van der Waals surface area contributed by atoms with Crippen LogP contribution in [0.5, 0.6) is 0 Å². The molecule has 3 nitrogen and oxygen atoms in total. The monoisotopic (exact) mass is 319 g/mol. The number of benzene rings is 1. The molecule has 0 aliphatic rings. The third-order valence-corrected chi connectivity index (χ3v) is 3.38. The van der Waals surface area contributed by atoms with Crippen LogP contribution in [0.25, 0.3) is 6.08 Å². The van der Waals surface area contributed by atoms with E-state index in [1.165, 1.54) is 12.1 Å². The van der Waals surface area contributed by atoms with Gasteiger partial charge in [0.15, 0.2) is 0 Å². The first-order chi connectivity index (χ1) is 9.75. The number of nitrogens with zero attached hydrogens (tertiary/aromatic N) is 1. The lowest BCUT2D eigenvalue weighted by Crippen LogP contribution is -2.23. The second kappa shape index (κ2) is 7.40. The van der Waals surface area contributed by atoms with Crippen LogP contribution in [-0.4, -0.2) is 36.7 Å². The zero-order valence-corrected chi connectivity index (χ0v) is 12.5. The standard InChI is InChI=1S/C14H16F3NO2S/c1-18(7-8-21-2)12-5-3-10(4-6-13(19)20)9-11(12)14(15,16)17/h3-6,9H,7-8H2,1-2H3,(H,19,20)/b6-4+. The van der Waals surface area contributed by atoms with E-state index < -0.39 is 17.7 Å². The van der Waals surface area contributed by atoms with Gasteiger partial charge in [0.25, 0.3) is 0 Å². The maximum atomic E-state index is 13.1. The van der Waals surface area contributed by atoms with Gasteiger partial charge in [0.2, 0.25) is 0 Å². The van der Waals surface area contributed by atoms with Crippen molar-refractivity contribution in [1.82, 2.24) is 0 Å². The molecule has 116 valence electrons. The molecule has 0 radical (unpaired) electrons. The van der Waals surface area contributed by atoms with Gasteiger partial charge in [-0.05, 0) is 30.0 Å². The smallest absolute Gasteiger partial charge is 0.418 e. The van der Waals surface area contributed by atoms with E-state index in [0.717, 1.165) is 18.2 Å². The van der Waals surface area contributed by atoms with Crippen molar-refractivity contribution in [2.24, 2.45) is 0 Å². The highest BCUT2D eigenvalue weighted by molar-refractivity contribution is 7.98. The van der Waals surface area contributed by atoms with Gasteiger partial charge in [-0.2, -0.15) is 24.9 Å². The van der Waals surface area contributed by atoms with Crippen molar-refractivity contribution in [1.29, 1.82) is 0 Å². The van der Waals surface area contributed by atoms with Crippen molar-refractivity contribution >= 4 is 29.5 Å². The second-order valence-electron chi connectivity index (χ2n) is 4.36. The van der Waals surface area contributed by atoms with Crippen LogP contribution >= 0.6 is 11.8 Å². The van der Waals surface area contributed by atoms with Crippen molar-refractivity contribution in [3.05, 3.63) is 35.4 Å². The molecule has 1 rings (SSSR count). The molecule has 0 unspecified atom stereocenters. The maximum absolute atomic E-state index is 13.1. The van der Waals surface area contributed by atoms with Crippen molar-refractivity contribution in [3.8, 4) is 0 Å². The summed E-state index contributed by atoms with van der Waals surface area (Å²) in [5, 5.41) is 8.52. The normalized spacial score (nSPS) is 11.9. The average Bonchev–Trinajstić information content (AvgIpc) is 2.41. The summed E-state index contributed by atoms with van der Waals surface area (Å²) in [7, 11) is 1.60. The largest absolute Gasteiger partial charge is 0.478 e. The van der Waals surface area contributed by atoms with Gasteiger partial charge >= 0.3 is 12.1 Å². The summed E-state index contributed by atoms with van der Waals surface area (Å²) in [6.07, 6.45) is -0.649. The molecule has 0 amide bonds. The minimum Gasteiger partial charge on any atom is -0.478 e. The van der Waals surface area contributed by atoms with Gasteiger partial charge in [-0.1, -0.05) is 6.07 Å². The van der Waals surface area contributed by atoms with Crippen LogP contribution in [0.4, 0.5) is 18.9 Å². The lowest BCUT2D eigenvalue weighted by Gasteiger charge is -2.23. The topological polar surface area (TPSA) is 40.5 Å². The van der Waals surface area contributed by atoms with E-state index in [1.807, 2.05) is 6.26 Å². The zero-order valence-electron chi connectivity index (χ0n) is 11.6. The number of thioether (sulfide) groups is 1. The summed E-state index contributed by atoms with van der Waals surface area (Å²) in [6.45, 7) is 0.495. The first-order valence-corrected chi connectivity index (χ1v) is 7.47. The SMILES string of the molecule is CSCCN(C)c1ccc(/C=C/C(=O)O)cc1C(F)(F)F. The van der Waals surface area contributed by atoms with Crippen LogP contribution in [0.1, 0.15) is 11.1 Å². The van der Waals surface area contributed by atoms with Crippen molar-refractivity contribution in [2.45, 2.75) is 6.18 Å². The van der Waals surface area contributed by atoms with Crippen LogP contribution in [0.3, 0.4) is 0 Å². The summed E-state index contributed by atoms with van der Waals surface area (Å²) in [5.74, 6) is -0.487. The highest BCUT2D eigenvalue weighted by Crippen LogP contribution is 2.37. The van der Waals surface area contributed by atoms with Crippen molar-refractivity contribution < 1.29 is 23.1 Å². The Hall–Kier alpha value is -1.63. The summed E-state index contributed by atoms with van der Waals surface area (Å²) in [4.78, 5) is 12.0. The molecule has 0 aromatic heterocycles. The van der Waals surface area contributed by atoms with E-state index in [4.69, 9.17) is 5.11 Å². The first kappa shape index (κ1) is 17.4. The van der Waals surface area contributed by atoms with E-state index in [2.05, 4.69) is 0 Å². The number of carboxylic acids is 1. The fourth-order valence-corrected chi connectivity index (χ4v) is 2.19. The van der Waals surface area contributed by atoms with Gasteiger partial charge in [0.05, 0.1) is 5.56 Å². The number of rotatable bonds is 6. The average molecular weight is 319 g/mol. The fourth-order valence-electron chi connectivity index (χ4n) is 1.73. The van der Waals surface area contributed by atoms with Gasteiger partial charge in [-0.25, -0.2) is 4.79 Å². The molecule has 0 saturated carbocycles. The molecule has 7 heteroatoms. The zero-order chi connectivity index (χ0) is 16.0. The second-order valence-corrected chi connectivity index (χ2v) is 5.35. The van der Waals surface area contributed by atoms with E-state index >= 15 is 0 Å². The number of alkyl halides is 3. The summed E-state index contributed by atoms with van der Waals surface area (Å²) in [6, 6.07) is 3.80. The van der Waals surface area contributed by atoms with Crippen LogP contribution in [0.15, 0.2) is 24.3 Å². The molecular formula is C14H16F3NO2S. The highest BCUT2D eigenvalue weighted by atomic mass is 32.2. The molecular weight excluding hydrogens is 303 g/mol. The Balaban J connectivity index is 3.17. The Kier molecular flexibility index (Phi) is 6.14. The molecule has 0 bridgehead atoms. The molecule has 1 aromatic rings. The molecule has 0 fully saturated rings. The fraction of sp³-hybridized carbons (Fsp3) is 0.357. The van der Waals surface area contributed by atoms with E-state index in [0.29, 0.717) is 12.3 Å². The lowest BCUT2D eigenvalue weighted by atomic mass is 10.1. The molecule has 0 aliphatic carbocycles. The van der Waals surface area contributed by atoms with Gasteiger partial charge in [-0.3, -0.25) is 0 Å². The number of anilines is 1. The van der Waals surface area contributed by atoms with Crippen LogP contribution < -0.4 is 4.90 Å². The van der Waals surface area contributed by atoms with Crippen LogP contribution in [-0.2, 0) is 11.0 Å². The Bertz CT molecular complexity index is 529. The summed E-state index contributed by atoms with van der Waals surface area (Å²) >= 11 is 1.55. The number of carbonyl (C=O) groups is 1. The van der Waals surface area contributed by atoms with Crippen LogP contribution in [0, 0.1) is 0 Å². The van der Waals surface area contributed by atoms with Gasteiger partial charge in [0, 0.05) is 31.1 Å². The van der Waals surface area contributed by atoms with E-state index in [-0.39, 0.29) is 11.3 Å². The highest BCUT2D eigenvalue weighted by Gasteiger charge is 2.34. The Morgan fingerprint density at radius 3 is 2.62 bits per heavy atom. The minimum atomic E-state index is -4.49. The Labute approximate surface area is 125 Å². The van der Waals surface area contributed by atoms with Gasteiger partial charge < -0.3 is 10.0 Å². The third-order valence-electron chi connectivity index (χ3n) is 2.79. The number of aliphatic carboxylic acids is 1. The number of hydrogen-bond acceptors (Lipinski definition) is 3. The molecule has 1 aromatic carbocycles. The number of carboxylic acid groups (broad SMARTS) is 1. The van der Waals surface area contributed by atoms with E-state index in [1.54, 1.807) is 23.7 Å². The predicted molar refractivity (Wildman–Crippen MR) is 79.8 cm³/mol. The predicted octanol–water partition coefficient (Wildman–Crippen LogP) is 3.60. The van der Waals surface area contributed by atoms with Crippen molar-refractivity contribution in [3.63, 3.8) is 0 Å². The molecule has 0 aliphatic heterocycles. The summed E-state index contributed by atoms with van der Waals surface area (Å²) in [5.41, 5.74) is -0.477. The van der Waals surface area contributed by atoms with Gasteiger partial charge in [0.1, 0.15) is 0 Å². The van der Waals surface area contributed by atoms with Crippen molar-refractivity contribution in [2.75, 3.05) is 30.5 Å². The maximum Gasteiger partial charge on any atom is 0.418 e. The molecule has 21 heavy (non-hydrogen) atoms. The minimum absolute atomic E-state index is 0.0871. The number of halogens is 3. The lowest BCUT2D eigenvalue weighted by molar-refractivity contribution is -0.137. The summed E-state index contributed by atoms with van der Waals surface area (Å²) < 4.78 is 39.4. The molecule has 0 saturated heterocycles. The molecule has 0 heterocycles. The van der Waals surface area contributed by atoms with Gasteiger partial charge in [-0.15, -0.1) is 0 Å². The van der Waals surface area contributed by atoms with E-state index in [9.17, 15) is 18.0 Å². The number of hydrogen-bond donors (Lipinski definition) is 1. The molecule has 0 spiro atoms. The Morgan fingerprint density at radius 1 is 1.43 bits per heavy atom. The molecule has 1 N–H and O–H groups in total. The Morgan fingerprint density at radius 2 is 2.10 bits per heavy atom. The molecule has 0 atom stereocenters.